The lowest BCUT2D eigenvalue weighted by atomic mass is 9.79. The van der Waals surface area contributed by atoms with Crippen molar-refractivity contribution >= 4 is 11.7 Å². The van der Waals surface area contributed by atoms with Crippen molar-refractivity contribution in [3.63, 3.8) is 0 Å². The number of carbonyl (C=O) groups is 1. The number of nitrogens with two attached hydrogens (primary N) is 1. The number of anilines is 1. The molecule has 0 aliphatic heterocycles. The molecule has 2 rings (SSSR count). The van der Waals surface area contributed by atoms with E-state index in [1.54, 1.807) is 0 Å². The summed E-state index contributed by atoms with van der Waals surface area (Å²) in [5.41, 5.74) is 6.66. The smallest absolute Gasteiger partial charge is 0.228 e. The summed E-state index contributed by atoms with van der Waals surface area (Å²) in [6.45, 7) is 2.51. The van der Waals surface area contributed by atoms with Crippen LogP contribution in [-0.2, 0) is 4.79 Å². The van der Waals surface area contributed by atoms with Crippen LogP contribution >= 0.6 is 0 Å². The lowest BCUT2D eigenvalue weighted by Crippen LogP contribution is -2.35. The van der Waals surface area contributed by atoms with Crippen molar-refractivity contribution < 1.29 is 4.79 Å². The van der Waals surface area contributed by atoms with Gasteiger partial charge in [0.2, 0.25) is 5.91 Å². The van der Waals surface area contributed by atoms with Gasteiger partial charge in [-0.15, -0.1) is 0 Å². The molecule has 1 aliphatic rings. The van der Waals surface area contributed by atoms with Crippen molar-refractivity contribution in [1.29, 1.82) is 0 Å². The summed E-state index contributed by atoms with van der Waals surface area (Å²) in [6, 6.07) is 5.64. The molecule has 0 bridgehead atoms. The molecule has 1 heterocycles. The van der Waals surface area contributed by atoms with Gasteiger partial charge in [0.15, 0.2) is 0 Å². The van der Waals surface area contributed by atoms with Crippen molar-refractivity contribution in [2.75, 3.05) is 11.9 Å². The van der Waals surface area contributed by atoms with Gasteiger partial charge in [-0.1, -0.05) is 18.9 Å². The number of carbonyl (C=O) groups excluding carboxylic acids is 1. The predicted octanol–water partition coefficient (Wildman–Crippen LogP) is 2.09. The molecule has 1 aliphatic carbocycles. The average Bonchev–Trinajstić information content (AvgIpc) is 2.38. The fourth-order valence-electron chi connectivity index (χ4n) is 2.67. The molecule has 98 valence electrons. The second-order valence-electron chi connectivity index (χ2n) is 5.04. The number of nitrogens with zero attached hydrogens (tertiary/aromatic N) is 1. The van der Waals surface area contributed by atoms with Gasteiger partial charge < -0.3 is 11.1 Å². The van der Waals surface area contributed by atoms with E-state index in [1.807, 2.05) is 25.1 Å². The van der Waals surface area contributed by atoms with Crippen LogP contribution in [-0.4, -0.2) is 17.4 Å². The first-order chi connectivity index (χ1) is 8.70. The standard InChI is InChI=1S/C14H21N3O/c1-10-5-4-8-13(16-10)17-14(18)12-7-3-2-6-11(12)9-15/h4-5,8,11-12H,2-3,6-7,9,15H2,1H3,(H,16,17,18). The molecule has 0 saturated heterocycles. The van der Waals surface area contributed by atoms with E-state index in [9.17, 15) is 4.79 Å². The third-order valence-corrected chi connectivity index (χ3v) is 3.69. The Bertz CT molecular complexity index is 419. The highest BCUT2D eigenvalue weighted by Crippen LogP contribution is 2.30. The summed E-state index contributed by atoms with van der Waals surface area (Å²) in [5, 5.41) is 2.91. The van der Waals surface area contributed by atoms with Crippen LogP contribution in [0.5, 0.6) is 0 Å². The quantitative estimate of drug-likeness (QED) is 0.859. The van der Waals surface area contributed by atoms with Crippen LogP contribution in [0.3, 0.4) is 0 Å². The zero-order valence-electron chi connectivity index (χ0n) is 10.9. The molecule has 0 aromatic carbocycles. The van der Waals surface area contributed by atoms with E-state index >= 15 is 0 Å². The van der Waals surface area contributed by atoms with Crippen LogP contribution in [0.15, 0.2) is 18.2 Å². The minimum absolute atomic E-state index is 0.0473. The number of hydrogen-bond donors (Lipinski definition) is 2. The lowest BCUT2D eigenvalue weighted by Gasteiger charge is -2.29. The molecule has 0 radical (unpaired) electrons. The second-order valence-corrected chi connectivity index (χ2v) is 5.04. The first kappa shape index (κ1) is 13.0. The van der Waals surface area contributed by atoms with Crippen LogP contribution in [0.2, 0.25) is 0 Å². The molecule has 0 spiro atoms. The van der Waals surface area contributed by atoms with Crippen LogP contribution in [0, 0.1) is 18.8 Å². The zero-order valence-corrected chi connectivity index (χ0v) is 10.9. The summed E-state index contributed by atoms with van der Waals surface area (Å²) in [7, 11) is 0. The first-order valence-corrected chi connectivity index (χ1v) is 6.65. The molecule has 1 amide bonds. The van der Waals surface area contributed by atoms with Crippen LogP contribution < -0.4 is 11.1 Å². The Morgan fingerprint density at radius 2 is 2.22 bits per heavy atom. The van der Waals surface area contributed by atoms with E-state index in [2.05, 4.69) is 10.3 Å². The maximum absolute atomic E-state index is 12.2. The number of rotatable bonds is 3. The van der Waals surface area contributed by atoms with E-state index in [0.717, 1.165) is 25.0 Å². The Balaban J connectivity index is 2.02. The van der Waals surface area contributed by atoms with Gasteiger partial charge in [0, 0.05) is 11.6 Å². The van der Waals surface area contributed by atoms with Gasteiger partial charge in [0.25, 0.3) is 0 Å². The highest BCUT2D eigenvalue weighted by atomic mass is 16.2. The number of hydrogen-bond acceptors (Lipinski definition) is 3. The fourth-order valence-corrected chi connectivity index (χ4v) is 2.67. The molecule has 1 aromatic rings. The minimum atomic E-state index is 0.0473. The molecule has 1 aromatic heterocycles. The summed E-state index contributed by atoms with van der Waals surface area (Å²) in [5.74, 6) is 1.08. The summed E-state index contributed by atoms with van der Waals surface area (Å²) >= 11 is 0. The highest BCUT2D eigenvalue weighted by molar-refractivity contribution is 5.91. The Hall–Kier alpha value is -1.42. The Labute approximate surface area is 108 Å². The third-order valence-electron chi connectivity index (χ3n) is 3.69. The fraction of sp³-hybridized carbons (Fsp3) is 0.571. The molecule has 2 unspecified atom stereocenters. The van der Waals surface area contributed by atoms with Gasteiger partial charge in [-0.25, -0.2) is 4.98 Å². The summed E-state index contributed by atoms with van der Waals surface area (Å²) in [6.07, 6.45) is 4.32. The van der Waals surface area contributed by atoms with Crippen molar-refractivity contribution in [3.05, 3.63) is 23.9 Å². The van der Waals surface area contributed by atoms with Gasteiger partial charge in [-0.3, -0.25) is 4.79 Å². The van der Waals surface area contributed by atoms with Crippen molar-refractivity contribution in [2.24, 2.45) is 17.6 Å². The first-order valence-electron chi connectivity index (χ1n) is 6.65. The molecule has 1 fully saturated rings. The number of aryl methyl sites for hydroxylation is 1. The Kier molecular flexibility index (Phi) is 4.31. The summed E-state index contributed by atoms with van der Waals surface area (Å²) in [4.78, 5) is 16.5. The molecule has 4 nitrogen and oxygen atoms in total. The van der Waals surface area contributed by atoms with E-state index in [4.69, 9.17) is 5.73 Å². The van der Waals surface area contributed by atoms with Gasteiger partial charge in [0.05, 0.1) is 0 Å². The van der Waals surface area contributed by atoms with Gasteiger partial charge >= 0.3 is 0 Å². The molecule has 3 N–H and O–H groups in total. The average molecular weight is 247 g/mol. The number of aromatic nitrogens is 1. The molecular formula is C14H21N3O. The van der Waals surface area contributed by atoms with Crippen LogP contribution in [0.1, 0.15) is 31.4 Å². The van der Waals surface area contributed by atoms with Gasteiger partial charge in [-0.05, 0) is 44.4 Å². The number of nitrogens with one attached hydrogen (secondary N) is 1. The van der Waals surface area contributed by atoms with E-state index in [-0.39, 0.29) is 11.8 Å². The van der Waals surface area contributed by atoms with Crippen LogP contribution in [0.25, 0.3) is 0 Å². The second kappa shape index (κ2) is 5.96. The molecule has 2 atom stereocenters. The lowest BCUT2D eigenvalue weighted by molar-refractivity contribution is -0.122. The highest BCUT2D eigenvalue weighted by Gasteiger charge is 2.29. The SMILES string of the molecule is Cc1cccc(NC(=O)C2CCCCC2CN)n1. The van der Waals surface area contributed by atoms with Crippen molar-refractivity contribution in [1.82, 2.24) is 4.98 Å². The maximum atomic E-state index is 12.2. The van der Waals surface area contributed by atoms with Crippen LogP contribution in [0.4, 0.5) is 5.82 Å². The van der Waals surface area contributed by atoms with E-state index < -0.39 is 0 Å². The number of pyridine rings is 1. The van der Waals surface area contributed by atoms with E-state index in [0.29, 0.717) is 18.3 Å². The Morgan fingerprint density at radius 1 is 1.44 bits per heavy atom. The van der Waals surface area contributed by atoms with Gasteiger partial charge in [-0.2, -0.15) is 0 Å². The summed E-state index contributed by atoms with van der Waals surface area (Å²) < 4.78 is 0. The molecule has 18 heavy (non-hydrogen) atoms. The van der Waals surface area contributed by atoms with Gasteiger partial charge in [0.1, 0.15) is 5.82 Å². The third kappa shape index (κ3) is 3.07. The normalized spacial score (nSPS) is 23.7. The molecule has 1 saturated carbocycles. The van der Waals surface area contributed by atoms with Crippen molar-refractivity contribution in [2.45, 2.75) is 32.6 Å². The largest absolute Gasteiger partial charge is 0.330 e. The minimum Gasteiger partial charge on any atom is -0.330 e. The molecular weight excluding hydrogens is 226 g/mol. The van der Waals surface area contributed by atoms with E-state index in [1.165, 1.54) is 6.42 Å². The predicted molar refractivity (Wildman–Crippen MR) is 72.1 cm³/mol. The Morgan fingerprint density at radius 3 is 2.94 bits per heavy atom. The monoisotopic (exact) mass is 247 g/mol. The number of amides is 1. The van der Waals surface area contributed by atoms with Crippen molar-refractivity contribution in [3.8, 4) is 0 Å². The zero-order chi connectivity index (χ0) is 13.0. The topological polar surface area (TPSA) is 68.0 Å². The maximum Gasteiger partial charge on any atom is 0.228 e. The molecule has 4 heteroatoms.